The fourth-order valence-electron chi connectivity index (χ4n) is 2.81. The first kappa shape index (κ1) is 14.0. The zero-order valence-corrected chi connectivity index (χ0v) is 12.8. The van der Waals surface area contributed by atoms with Crippen molar-refractivity contribution in [1.82, 2.24) is 4.72 Å². The van der Waals surface area contributed by atoms with Crippen LogP contribution in [0.15, 0.2) is 29.2 Å². The van der Waals surface area contributed by atoms with Gasteiger partial charge in [0.1, 0.15) is 4.99 Å². The Labute approximate surface area is 124 Å². The molecule has 2 aliphatic rings. The van der Waals surface area contributed by atoms with Crippen LogP contribution in [0.5, 0.6) is 0 Å². The van der Waals surface area contributed by atoms with Gasteiger partial charge in [0.15, 0.2) is 0 Å². The average molecular weight is 310 g/mol. The van der Waals surface area contributed by atoms with Crippen molar-refractivity contribution in [3.8, 4) is 0 Å². The minimum absolute atomic E-state index is 0.106. The summed E-state index contributed by atoms with van der Waals surface area (Å²) in [6.07, 6.45) is 4.75. The van der Waals surface area contributed by atoms with Gasteiger partial charge in [-0.15, -0.1) is 0 Å². The molecule has 0 heterocycles. The smallest absolute Gasteiger partial charge is 0.241 e. The molecule has 0 aromatic heterocycles. The molecule has 20 heavy (non-hydrogen) atoms. The van der Waals surface area contributed by atoms with Gasteiger partial charge in [0.05, 0.1) is 4.90 Å². The SMILES string of the molecule is NC(=S)c1ccccc1S(=O)(=O)NCC1(C2CC2)CC1. The second kappa shape index (κ2) is 4.79. The van der Waals surface area contributed by atoms with Gasteiger partial charge in [-0.2, -0.15) is 0 Å². The summed E-state index contributed by atoms with van der Waals surface area (Å²) in [6.45, 7) is 0.533. The van der Waals surface area contributed by atoms with Crippen molar-refractivity contribution in [2.45, 2.75) is 30.6 Å². The maximum absolute atomic E-state index is 12.4. The van der Waals surface area contributed by atoms with Crippen molar-refractivity contribution in [1.29, 1.82) is 0 Å². The van der Waals surface area contributed by atoms with Crippen molar-refractivity contribution in [3.63, 3.8) is 0 Å². The topological polar surface area (TPSA) is 72.2 Å². The van der Waals surface area contributed by atoms with Gasteiger partial charge in [0, 0.05) is 12.1 Å². The third-order valence-corrected chi connectivity index (χ3v) is 6.07. The number of benzene rings is 1. The molecule has 3 N–H and O–H groups in total. The molecule has 0 atom stereocenters. The summed E-state index contributed by atoms with van der Waals surface area (Å²) in [5.41, 5.74) is 6.24. The Kier molecular flexibility index (Phi) is 3.35. The number of nitrogens with one attached hydrogen (secondary N) is 1. The van der Waals surface area contributed by atoms with E-state index in [0.717, 1.165) is 18.8 Å². The van der Waals surface area contributed by atoms with Gasteiger partial charge in [-0.1, -0.05) is 30.4 Å². The monoisotopic (exact) mass is 310 g/mol. The summed E-state index contributed by atoms with van der Waals surface area (Å²) in [5, 5.41) is 0. The van der Waals surface area contributed by atoms with E-state index in [-0.39, 0.29) is 15.3 Å². The van der Waals surface area contributed by atoms with Crippen LogP contribution in [0.3, 0.4) is 0 Å². The molecule has 4 nitrogen and oxygen atoms in total. The zero-order valence-electron chi connectivity index (χ0n) is 11.1. The maximum atomic E-state index is 12.4. The molecular weight excluding hydrogens is 292 g/mol. The lowest BCUT2D eigenvalue weighted by Crippen LogP contribution is -2.32. The molecule has 0 radical (unpaired) electrons. The van der Waals surface area contributed by atoms with Crippen molar-refractivity contribution in [3.05, 3.63) is 29.8 Å². The van der Waals surface area contributed by atoms with Crippen LogP contribution < -0.4 is 10.5 Å². The molecular formula is C14H18N2O2S2. The number of nitrogens with two attached hydrogens (primary N) is 1. The Bertz CT molecular complexity index is 647. The van der Waals surface area contributed by atoms with E-state index >= 15 is 0 Å². The fourth-order valence-corrected chi connectivity index (χ4v) is 4.41. The highest BCUT2D eigenvalue weighted by atomic mass is 32.2. The van der Waals surface area contributed by atoms with Gasteiger partial charge < -0.3 is 5.73 Å². The summed E-state index contributed by atoms with van der Waals surface area (Å²) in [4.78, 5) is 0.286. The van der Waals surface area contributed by atoms with Crippen LogP contribution in [-0.4, -0.2) is 20.0 Å². The van der Waals surface area contributed by atoms with Gasteiger partial charge in [-0.25, -0.2) is 13.1 Å². The molecule has 0 unspecified atom stereocenters. The van der Waals surface area contributed by atoms with E-state index in [2.05, 4.69) is 4.72 Å². The standard InChI is InChI=1S/C14H18N2O2S2/c15-13(19)11-3-1-2-4-12(11)20(17,18)16-9-14(7-8-14)10-5-6-10/h1-4,10,16H,5-9H2,(H2,15,19). The molecule has 0 bridgehead atoms. The van der Waals surface area contributed by atoms with Gasteiger partial charge in [0.25, 0.3) is 0 Å². The summed E-state index contributed by atoms with van der Waals surface area (Å²) < 4.78 is 27.6. The molecule has 2 aliphatic carbocycles. The Morgan fingerprint density at radius 3 is 2.55 bits per heavy atom. The van der Waals surface area contributed by atoms with Crippen molar-refractivity contribution in [2.75, 3.05) is 6.54 Å². The summed E-state index contributed by atoms with van der Waals surface area (Å²) in [6, 6.07) is 6.61. The number of hydrogen-bond acceptors (Lipinski definition) is 3. The summed E-state index contributed by atoms with van der Waals surface area (Å²) >= 11 is 4.93. The molecule has 0 spiro atoms. The second-order valence-electron chi connectivity index (χ2n) is 5.82. The highest BCUT2D eigenvalue weighted by Gasteiger charge is 2.53. The number of rotatable bonds is 6. The van der Waals surface area contributed by atoms with Crippen LogP contribution >= 0.6 is 12.2 Å². The minimum Gasteiger partial charge on any atom is -0.389 e. The first-order valence-corrected chi connectivity index (χ1v) is 8.72. The van der Waals surface area contributed by atoms with Crippen molar-refractivity contribution in [2.24, 2.45) is 17.1 Å². The number of thiocarbonyl (C=S) groups is 1. The van der Waals surface area contributed by atoms with Gasteiger partial charge in [-0.05, 0) is 43.1 Å². The second-order valence-corrected chi connectivity index (χ2v) is 8.00. The summed E-state index contributed by atoms with van der Waals surface area (Å²) in [5.74, 6) is 0.719. The maximum Gasteiger partial charge on any atom is 0.241 e. The average Bonchev–Trinajstić information content (AvgIpc) is 3.28. The lowest BCUT2D eigenvalue weighted by Gasteiger charge is -2.16. The van der Waals surface area contributed by atoms with Crippen LogP contribution in [0.25, 0.3) is 0 Å². The molecule has 6 heteroatoms. The third kappa shape index (κ3) is 2.60. The Morgan fingerprint density at radius 1 is 1.35 bits per heavy atom. The molecule has 1 aromatic carbocycles. The first-order valence-electron chi connectivity index (χ1n) is 6.83. The Morgan fingerprint density at radius 2 is 2.00 bits per heavy atom. The number of sulfonamides is 1. The summed E-state index contributed by atoms with van der Waals surface area (Å²) in [7, 11) is -3.55. The van der Waals surface area contributed by atoms with Gasteiger partial charge in [0.2, 0.25) is 10.0 Å². The molecule has 0 amide bonds. The first-order chi connectivity index (χ1) is 9.45. The van der Waals surface area contributed by atoms with E-state index in [1.165, 1.54) is 12.8 Å². The van der Waals surface area contributed by atoms with E-state index in [1.807, 2.05) is 0 Å². The predicted octanol–water partition coefficient (Wildman–Crippen LogP) is 1.79. The van der Waals surface area contributed by atoms with Crippen LogP contribution in [0, 0.1) is 11.3 Å². The molecule has 2 fully saturated rings. The lowest BCUT2D eigenvalue weighted by atomic mass is 10.0. The third-order valence-electron chi connectivity index (χ3n) is 4.39. The van der Waals surface area contributed by atoms with Crippen LogP contribution in [0.4, 0.5) is 0 Å². The van der Waals surface area contributed by atoms with E-state index in [0.29, 0.717) is 12.1 Å². The fraction of sp³-hybridized carbons (Fsp3) is 0.500. The lowest BCUT2D eigenvalue weighted by molar-refractivity contribution is 0.432. The molecule has 1 aromatic rings. The number of hydrogen-bond donors (Lipinski definition) is 2. The van der Waals surface area contributed by atoms with Crippen LogP contribution in [0.1, 0.15) is 31.2 Å². The van der Waals surface area contributed by atoms with E-state index in [1.54, 1.807) is 24.3 Å². The van der Waals surface area contributed by atoms with Crippen molar-refractivity contribution >= 4 is 27.2 Å². The molecule has 3 rings (SSSR count). The normalized spacial score (nSPS) is 20.6. The highest BCUT2D eigenvalue weighted by molar-refractivity contribution is 7.89. The Balaban J connectivity index is 1.80. The zero-order chi connectivity index (χ0) is 14.4. The van der Waals surface area contributed by atoms with Gasteiger partial charge in [-0.3, -0.25) is 0 Å². The largest absolute Gasteiger partial charge is 0.389 e. The molecule has 108 valence electrons. The van der Waals surface area contributed by atoms with Crippen LogP contribution in [0.2, 0.25) is 0 Å². The molecule has 0 aliphatic heterocycles. The van der Waals surface area contributed by atoms with E-state index in [4.69, 9.17) is 18.0 Å². The quantitative estimate of drug-likeness (QED) is 0.786. The predicted molar refractivity (Wildman–Crippen MR) is 81.9 cm³/mol. The van der Waals surface area contributed by atoms with Crippen LogP contribution in [-0.2, 0) is 10.0 Å². The highest BCUT2D eigenvalue weighted by Crippen LogP contribution is 2.60. The minimum atomic E-state index is -3.55. The van der Waals surface area contributed by atoms with Gasteiger partial charge >= 0.3 is 0 Å². The molecule has 0 saturated heterocycles. The van der Waals surface area contributed by atoms with E-state index < -0.39 is 10.0 Å². The molecule has 2 saturated carbocycles. The van der Waals surface area contributed by atoms with Crippen molar-refractivity contribution < 1.29 is 8.42 Å². The van der Waals surface area contributed by atoms with E-state index in [9.17, 15) is 8.42 Å². The Hall–Kier alpha value is -0.980.